The van der Waals surface area contributed by atoms with Gasteiger partial charge in [-0.25, -0.2) is 70.8 Å². The summed E-state index contributed by atoms with van der Waals surface area (Å²) in [4.78, 5) is 134. The fraction of sp³-hybridized carbons (Fsp3) is 0.243. The smallest absolute Gasteiger partial charge is 0.338 e. The second-order valence-electron chi connectivity index (χ2n) is 24.0. The van der Waals surface area contributed by atoms with Crippen LogP contribution in [-0.4, -0.2) is 92.9 Å². The maximum Gasteiger partial charge on any atom is 0.338 e. The van der Waals surface area contributed by atoms with E-state index in [9.17, 15) is 55.9 Å². The molecule has 0 aliphatic rings. The van der Waals surface area contributed by atoms with E-state index in [0.717, 1.165) is 64.0 Å². The van der Waals surface area contributed by atoms with E-state index in [1.807, 2.05) is 68.4 Å². The Morgan fingerprint density at radius 3 is 1.22 bits per heavy atom. The molecule has 576 valence electrons. The van der Waals surface area contributed by atoms with Crippen LogP contribution >= 0.6 is 104 Å². The maximum absolute atomic E-state index is 13.7. The number of anilines is 2. The fourth-order valence-electron chi connectivity index (χ4n) is 9.57. The lowest BCUT2D eigenvalue weighted by Crippen LogP contribution is -2.35. The highest BCUT2D eigenvalue weighted by atomic mass is 35.5. The number of nitrogens with two attached hydrogens (primary N) is 2. The first-order valence-corrected chi connectivity index (χ1v) is 34.7. The zero-order valence-electron chi connectivity index (χ0n) is 58.5. The molecule has 39 heteroatoms. The largest absolute Gasteiger partial charge is 0.478 e. The van der Waals surface area contributed by atoms with E-state index in [1.54, 1.807) is 49.9 Å². The minimum atomic E-state index is -1.19. The molecule has 11 aromatic rings. The average Bonchev–Trinajstić information content (AvgIpc) is 0.756. The Kier molecular flexibility index (Phi) is 32.2. The van der Waals surface area contributed by atoms with E-state index in [1.165, 1.54) is 9.13 Å². The number of fused-ring (bicyclic) bond motifs is 2. The zero-order chi connectivity index (χ0) is 80.9. The number of halogens is 13. The van der Waals surface area contributed by atoms with Crippen LogP contribution in [0.4, 0.5) is 33.7 Å². The summed E-state index contributed by atoms with van der Waals surface area (Å²) in [5.74, 6) is -5.82. The van der Waals surface area contributed by atoms with Crippen molar-refractivity contribution < 1.29 is 41.8 Å². The van der Waals surface area contributed by atoms with Crippen LogP contribution < -0.4 is 44.6 Å². The number of amides is 4. The molecule has 9 N–H and O–H groups in total. The Labute approximate surface area is 662 Å². The van der Waals surface area contributed by atoms with Crippen LogP contribution in [0, 0.1) is 51.0 Å². The van der Waals surface area contributed by atoms with Crippen molar-refractivity contribution in [2.45, 2.75) is 114 Å². The number of nitrogens with one attached hydrogen (secondary N) is 4. The number of aryl methyl sites for hydroxylation is 4. The Bertz CT molecular complexity index is 5340. The van der Waals surface area contributed by atoms with E-state index < -0.39 is 85.0 Å². The van der Waals surface area contributed by atoms with Gasteiger partial charge in [-0.3, -0.25) is 54.4 Å². The summed E-state index contributed by atoms with van der Waals surface area (Å²) in [6, 6.07) is 11.1. The van der Waals surface area contributed by atoms with Crippen LogP contribution in [0.5, 0.6) is 0 Å². The number of hydrogen-bond acceptors (Lipinski definition) is 18. The molecule has 11 aromatic heterocycles. The molecule has 11 heterocycles. The molecular formula is C70H66Cl9F4N17O9. The van der Waals surface area contributed by atoms with Crippen molar-refractivity contribution in [1.29, 1.82) is 0 Å². The number of carbonyl (C=O) groups excluding carboxylic acids is 3. The number of aromatic carboxylic acids is 1. The summed E-state index contributed by atoms with van der Waals surface area (Å²) < 4.78 is 56.0. The number of pyridine rings is 9. The number of imide groups is 1. The van der Waals surface area contributed by atoms with E-state index in [0.29, 0.717) is 40.1 Å². The summed E-state index contributed by atoms with van der Waals surface area (Å²) in [7, 11) is 0. The number of hydrogen-bond donors (Lipinski definition) is 7. The lowest BCUT2D eigenvalue weighted by molar-refractivity contribution is 0.0695. The van der Waals surface area contributed by atoms with Crippen molar-refractivity contribution in [2.75, 3.05) is 11.1 Å². The molecule has 0 aromatic carbocycles. The molecule has 0 saturated carbocycles. The number of aromatic nitrogens is 13. The Morgan fingerprint density at radius 2 is 0.817 bits per heavy atom. The Balaban J connectivity index is 0.000000241. The lowest BCUT2D eigenvalue weighted by atomic mass is 10.0. The van der Waals surface area contributed by atoms with Crippen LogP contribution in [0.15, 0.2) is 98.6 Å². The quantitative estimate of drug-likeness (QED) is 0.0494. The molecule has 0 aliphatic heterocycles. The predicted molar refractivity (Wildman–Crippen MR) is 416 cm³/mol. The van der Waals surface area contributed by atoms with Crippen molar-refractivity contribution in [3.8, 4) is 11.4 Å². The van der Waals surface area contributed by atoms with Crippen molar-refractivity contribution in [1.82, 2.24) is 69.3 Å². The van der Waals surface area contributed by atoms with E-state index in [2.05, 4.69) is 79.3 Å². The summed E-state index contributed by atoms with van der Waals surface area (Å²) in [6.07, 6.45) is 6.74. The molecule has 109 heavy (non-hydrogen) atoms. The fourth-order valence-corrected chi connectivity index (χ4v) is 11.2. The highest BCUT2D eigenvalue weighted by Gasteiger charge is 2.25. The molecule has 4 amide bonds. The molecule has 0 atom stereocenters. The number of carbonyl (C=O) groups is 4. The first-order valence-electron chi connectivity index (χ1n) is 31.3. The molecule has 0 radical (unpaired) electrons. The van der Waals surface area contributed by atoms with Gasteiger partial charge in [-0.15, -0.1) is 0 Å². The third-order valence-corrected chi connectivity index (χ3v) is 17.4. The number of nitrogens with zero attached hydrogens (tertiary/aromatic N) is 11. The van der Waals surface area contributed by atoms with Gasteiger partial charge in [0, 0.05) is 24.8 Å². The van der Waals surface area contributed by atoms with Gasteiger partial charge in [0.05, 0.1) is 78.0 Å². The van der Waals surface area contributed by atoms with Gasteiger partial charge in [0.2, 0.25) is 0 Å². The van der Waals surface area contributed by atoms with E-state index in [-0.39, 0.29) is 94.7 Å². The Hall–Kier alpha value is -9.76. The summed E-state index contributed by atoms with van der Waals surface area (Å²) >= 11 is 49.9. The van der Waals surface area contributed by atoms with E-state index in [4.69, 9.17) is 121 Å². The van der Waals surface area contributed by atoms with E-state index >= 15 is 0 Å². The van der Waals surface area contributed by atoms with Crippen molar-refractivity contribution >= 4 is 162 Å². The molecule has 0 saturated heterocycles. The van der Waals surface area contributed by atoms with Crippen LogP contribution in [0.2, 0.25) is 46.2 Å². The number of urea groups is 1. The van der Waals surface area contributed by atoms with Crippen LogP contribution in [0.1, 0.15) is 163 Å². The molecule has 0 aliphatic carbocycles. The third kappa shape index (κ3) is 22.2. The second-order valence-corrected chi connectivity index (χ2v) is 27.3. The standard InChI is InChI=1S/C16H15Cl2FN4O2.2C16H14ClFN4O2.C9H14N2.C6H2Cl3NO2.C6H3Cl2FN2O.CH4/c1-7(2)11-12(8(3)4-5-20-11)21-16(25)23-15(24)9-6-10(19)14(18)22-13(9)17;2*1-7(2)11-12(8(3)4-5-19-11)22-14-9(15(23)21-16(22)24)6-10(18)13(17)20-14;1-6(2)9-8(10)7(3)4-5-11-9;7-3-1-2(6(11)12)4(8)10-5(3)9;7-4-2(6(10)12)1-3(9)5(8)11-4;/h4-7H,1-3H3,(H2,21,23,24,25);2*4-7H,1-3H3,(H,21,23,24);4-6H,10H2,1-3H3;1H,(H,11,12);1H,(H2,10,12);1H4. The average molecular weight is 1680 g/mol. The van der Waals surface area contributed by atoms with Gasteiger partial charge in [-0.1, -0.05) is 167 Å². The monoisotopic (exact) mass is 1680 g/mol. The molecule has 0 unspecified atom stereocenters. The molecule has 0 bridgehead atoms. The van der Waals surface area contributed by atoms with Gasteiger partial charge < -0.3 is 21.9 Å². The highest BCUT2D eigenvalue weighted by molar-refractivity contribution is 6.42. The molecular weight excluding hydrogens is 1620 g/mol. The number of rotatable bonds is 10. The minimum absolute atomic E-state index is 0. The number of aromatic amines is 2. The zero-order valence-corrected chi connectivity index (χ0v) is 65.3. The molecule has 0 spiro atoms. The topological polar surface area (TPSA) is 390 Å². The first-order chi connectivity index (χ1) is 50.5. The van der Waals surface area contributed by atoms with Crippen LogP contribution in [0.25, 0.3) is 33.4 Å². The summed E-state index contributed by atoms with van der Waals surface area (Å²) in [5, 5.41) is 10.8. The van der Waals surface area contributed by atoms with Crippen LogP contribution in [0.3, 0.4) is 0 Å². The number of carboxylic acids is 1. The first kappa shape index (κ1) is 89.9. The lowest BCUT2D eigenvalue weighted by Gasteiger charge is -2.17. The number of H-pyrrole nitrogens is 2. The number of primary amides is 1. The Morgan fingerprint density at radius 1 is 0.468 bits per heavy atom. The summed E-state index contributed by atoms with van der Waals surface area (Å²) in [6.45, 7) is 23.2. The van der Waals surface area contributed by atoms with Crippen molar-refractivity contribution in [3.05, 3.63) is 252 Å². The van der Waals surface area contributed by atoms with Crippen molar-refractivity contribution in [2.24, 2.45) is 5.73 Å². The highest BCUT2D eigenvalue weighted by Crippen LogP contribution is 2.31. The third-order valence-electron chi connectivity index (χ3n) is 14.8. The molecule has 11 rings (SSSR count). The van der Waals surface area contributed by atoms with Gasteiger partial charge >= 0.3 is 23.4 Å². The van der Waals surface area contributed by atoms with Gasteiger partial charge in [-0.2, -0.15) is 0 Å². The second kappa shape index (κ2) is 39.0. The van der Waals surface area contributed by atoms with Gasteiger partial charge in [0.25, 0.3) is 22.9 Å². The molecule has 0 fully saturated rings. The van der Waals surface area contributed by atoms with Gasteiger partial charge in [0.1, 0.15) is 20.6 Å². The predicted octanol–water partition coefficient (Wildman–Crippen LogP) is 16.8. The SMILES string of the molecule is C.Cc1ccnc(C(C)C)c1-n1c(=O)[nH]c(=O)c2cc(F)c(Cl)nc21.Cc1ccnc(C(C)C)c1-n1c(=O)[nH]c(=O)c2cc(F)c(Cl)nc21.Cc1ccnc(C(C)C)c1N.Cc1ccnc(C(C)C)c1NC(=O)NC(=O)c1cc(F)c(Cl)nc1Cl.NC(=O)c1cc(F)c(Cl)nc1Cl.O=C(O)c1cc(Cl)c(Cl)nc1Cl. The van der Waals surface area contributed by atoms with Crippen molar-refractivity contribution in [3.63, 3.8) is 0 Å². The number of carboxylic acid groups (broad SMARTS) is 1. The summed E-state index contributed by atoms with van der Waals surface area (Å²) in [5.41, 5.74) is 16.0. The van der Waals surface area contributed by atoms with Gasteiger partial charge in [-0.05, 0) is 128 Å². The number of nitrogen functional groups attached to an aromatic ring is 1. The maximum atomic E-state index is 13.7. The normalized spacial score (nSPS) is 10.7. The minimum Gasteiger partial charge on any atom is -0.478 e. The molecule has 26 nitrogen and oxygen atoms in total. The van der Waals surface area contributed by atoms with Crippen LogP contribution in [-0.2, 0) is 0 Å². The van der Waals surface area contributed by atoms with Gasteiger partial charge in [0.15, 0.2) is 55.2 Å².